The summed E-state index contributed by atoms with van der Waals surface area (Å²) in [5.41, 5.74) is 9.03. The SMILES string of the molecule is CN(C)c1ccc2nc(-c3cccs3)c(N)n2c1. The molecule has 0 radical (unpaired) electrons. The Morgan fingerprint density at radius 1 is 1.28 bits per heavy atom. The van der Waals surface area contributed by atoms with E-state index in [9.17, 15) is 0 Å². The van der Waals surface area contributed by atoms with Crippen LogP contribution in [0.4, 0.5) is 11.5 Å². The Bertz CT molecular complexity index is 682. The zero-order valence-electron chi connectivity index (χ0n) is 10.3. The number of anilines is 2. The van der Waals surface area contributed by atoms with E-state index in [4.69, 9.17) is 5.73 Å². The van der Waals surface area contributed by atoms with Gasteiger partial charge in [-0.05, 0) is 23.6 Å². The summed E-state index contributed by atoms with van der Waals surface area (Å²) in [5.74, 6) is 0.691. The van der Waals surface area contributed by atoms with E-state index in [1.54, 1.807) is 11.3 Å². The molecule has 0 aliphatic carbocycles. The molecule has 18 heavy (non-hydrogen) atoms. The van der Waals surface area contributed by atoms with Crippen molar-refractivity contribution in [1.82, 2.24) is 9.38 Å². The first kappa shape index (κ1) is 11.1. The van der Waals surface area contributed by atoms with Crippen LogP contribution < -0.4 is 10.6 Å². The van der Waals surface area contributed by atoms with E-state index in [2.05, 4.69) is 4.98 Å². The van der Waals surface area contributed by atoms with Crippen LogP contribution in [0.5, 0.6) is 0 Å². The van der Waals surface area contributed by atoms with Gasteiger partial charge in [-0.25, -0.2) is 4.98 Å². The first-order valence-corrected chi connectivity index (χ1v) is 6.53. The molecule has 0 spiro atoms. The van der Waals surface area contributed by atoms with Crippen LogP contribution in [0.2, 0.25) is 0 Å². The van der Waals surface area contributed by atoms with Crippen molar-refractivity contribution in [1.29, 1.82) is 0 Å². The minimum atomic E-state index is 0.691. The lowest BCUT2D eigenvalue weighted by molar-refractivity contribution is 1.09. The zero-order chi connectivity index (χ0) is 12.7. The Kier molecular flexibility index (Phi) is 2.48. The number of imidazole rings is 1. The number of fused-ring (bicyclic) bond motifs is 1. The van der Waals surface area contributed by atoms with Gasteiger partial charge in [0.2, 0.25) is 0 Å². The van der Waals surface area contributed by atoms with E-state index < -0.39 is 0 Å². The summed E-state index contributed by atoms with van der Waals surface area (Å²) in [4.78, 5) is 7.73. The third kappa shape index (κ3) is 1.64. The Morgan fingerprint density at radius 2 is 2.11 bits per heavy atom. The van der Waals surface area contributed by atoms with Crippen LogP contribution in [0.15, 0.2) is 35.8 Å². The van der Waals surface area contributed by atoms with E-state index >= 15 is 0 Å². The number of hydrogen-bond donors (Lipinski definition) is 1. The van der Waals surface area contributed by atoms with E-state index in [1.807, 2.05) is 59.2 Å². The van der Waals surface area contributed by atoms with Gasteiger partial charge in [0.15, 0.2) is 0 Å². The molecule has 2 N–H and O–H groups in total. The summed E-state index contributed by atoms with van der Waals surface area (Å²) in [6, 6.07) is 8.08. The maximum Gasteiger partial charge on any atom is 0.139 e. The summed E-state index contributed by atoms with van der Waals surface area (Å²) >= 11 is 1.65. The fourth-order valence-corrected chi connectivity index (χ4v) is 2.63. The maximum absolute atomic E-state index is 6.19. The molecule has 0 atom stereocenters. The van der Waals surface area contributed by atoms with Crippen molar-refractivity contribution in [3.05, 3.63) is 35.8 Å². The first-order chi connectivity index (χ1) is 8.66. The van der Waals surface area contributed by atoms with Gasteiger partial charge in [-0.1, -0.05) is 6.07 Å². The second-order valence-electron chi connectivity index (χ2n) is 4.33. The van der Waals surface area contributed by atoms with Crippen LogP contribution in [0.25, 0.3) is 16.2 Å². The molecule has 0 aliphatic rings. The van der Waals surface area contributed by atoms with Crippen LogP contribution in [0.1, 0.15) is 0 Å². The summed E-state index contributed by atoms with van der Waals surface area (Å²) in [7, 11) is 4.02. The molecule has 3 rings (SSSR count). The summed E-state index contributed by atoms with van der Waals surface area (Å²) in [6.45, 7) is 0. The smallest absolute Gasteiger partial charge is 0.139 e. The first-order valence-electron chi connectivity index (χ1n) is 5.65. The molecule has 0 fully saturated rings. The fourth-order valence-electron chi connectivity index (χ4n) is 1.91. The number of rotatable bonds is 2. The van der Waals surface area contributed by atoms with Crippen molar-refractivity contribution in [2.24, 2.45) is 0 Å². The average Bonchev–Trinajstić information content (AvgIpc) is 2.97. The highest BCUT2D eigenvalue weighted by atomic mass is 32.1. The minimum Gasteiger partial charge on any atom is -0.383 e. The average molecular weight is 258 g/mol. The van der Waals surface area contributed by atoms with Crippen molar-refractivity contribution in [2.75, 3.05) is 24.7 Å². The second kappa shape index (κ2) is 4.03. The summed E-state index contributed by atoms with van der Waals surface area (Å²) in [5, 5.41) is 2.03. The number of aromatic nitrogens is 2. The Hall–Kier alpha value is -2.01. The van der Waals surface area contributed by atoms with Gasteiger partial charge in [0, 0.05) is 20.3 Å². The summed E-state index contributed by atoms with van der Waals surface area (Å²) < 4.78 is 1.93. The molecule has 3 aromatic heterocycles. The molecular formula is C13H14N4S. The molecule has 0 aliphatic heterocycles. The van der Waals surface area contributed by atoms with Crippen LogP contribution in [-0.4, -0.2) is 23.5 Å². The van der Waals surface area contributed by atoms with Crippen LogP contribution in [-0.2, 0) is 0 Å². The van der Waals surface area contributed by atoms with E-state index in [0.29, 0.717) is 5.82 Å². The predicted octanol–water partition coefficient (Wildman–Crippen LogP) is 2.71. The van der Waals surface area contributed by atoms with Crippen molar-refractivity contribution in [2.45, 2.75) is 0 Å². The Balaban J connectivity index is 2.22. The number of nitrogens with two attached hydrogens (primary N) is 1. The minimum absolute atomic E-state index is 0.691. The topological polar surface area (TPSA) is 46.6 Å². The number of thiophene rings is 1. The predicted molar refractivity (Wildman–Crippen MR) is 77.2 cm³/mol. The highest BCUT2D eigenvalue weighted by molar-refractivity contribution is 7.13. The standard InChI is InChI=1S/C13H14N4S/c1-16(2)9-5-6-11-15-12(10-4-3-7-18-10)13(14)17(11)8-9/h3-8H,14H2,1-2H3. The molecular weight excluding hydrogens is 244 g/mol. The molecule has 92 valence electrons. The molecule has 0 saturated carbocycles. The van der Waals surface area contributed by atoms with E-state index in [-0.39, 0.29) is 0 Å². The van der Waals surface area contributed by atoms with E-state index in [0.717, 1.165) is 21.9 Å². The van der Waals surface area contributed by atoms with Gasteiger partial charge in [-0.15, -0.1) is 11.3 Å². The largest absolute Gasteiger partial charge is 0.383 e. The molecule has 5 heteroatoms. The Morgan fingerprint density at radius 3 is 2.78 bits per heavy atom. The molecule has 3 aromatic rings. The number of hydrogen-bond acceptors (Lipinski definition) is 4. The molecule has 0 bridgehead atoms. The molecule has 0 amide bonds. The van der Waals surface area contributed by atoms with E-state index in [1.165, 1.54) is 0 Å². The quantitative estimate of drug-likeness (QED) is 0.768. The maximum atomic E-state index is 6.19. The molecule has 3 heterocycles. The lowest BCUT2D eigenvalue weighted by atomic mass is 10.3. The van der Waals surface area contributed by atoms with Gasteiger partial charge in [-0.2, -0.15) is 0 Å². The molecule has 0 saturated heterocycles. The molecule has 0 unspecified atom stereocenters. The third-order valence-electron chi connectivity index (χ3n) is 2.91. The molecule has 4 nitrogen and oxygen atoms in total. The van der Waals surface area contributed by atoms with Gasteiger partial charge in [0.25, 0.3) is 0 Å². The lowest BCUT2D eigenvalue weighted by Crippen LogP contribution is -2.09. The van der Waals surface area contributed by atoms with Crippen LogP contribution >= 0.6 is 11.3 Å². The van der Waals surface area contributed by atoms with Gasteiger partial charge in [0.05, 0.1) is 10.6 Å². The van der Waals surface area contributed by atoms with Gasteiger partial charge < -0.3 is 10.6 Å². The van der Waals surface area contributed by atoms with Crippen molar-refractivity contribution in [3.63, 3.8) is 0 Å². The van der Waals surface area contributed by atoms with Gasteiger partial charge in [0.1, 0.15) is 17.2 Å². The van der Waals surface area contributed by atoms with Gasteiger partial charge >= 0.3 is 0 Å². The number of pyridine rings is 1. The Labute approximate surface area is 109 Å². The van der Waals surface area contributed by atoms with Crippen LogP contribution in [0, 0.1) is 0 Å². The number of nitrogen functional groups attached to an aromatic ring is 1. The number of nitrogens with zero attached hydrogens (tertiary/aromatic N) is 3. The molecule has 0 aromatic carbocycles. The van der Waals surface area contributed by atoms with Crippen molar-refractivity contribution < 1.29 is 0 Å². The summed E-state index contributed by atoms with van der Waals surface area (Å²) in [6.07, 6.45) is 2.01. The lowest BCUT2D eigenvalue weighted by Gasteiger charge is -2.12. The second-order valence-corrected chi connectivity index (χ2v) is 5.28. The highest BCUT2D eigenvalue weighted by Crippen LogP contribution is 2.30. The highest BCUT2D eigenvalue weighted by Gasteiger charge is 2.12. The van der Waals surface area contributed by atoms with Gasteiger partial charge in [-0.3, -0.25) is 4.40 Å². The zero-order valence-corrected chi connectivity index (χ0v) is 11.1. The van der Waals surface area contributed by atoms with Crippen molar-refractivity contribution >= 4 is 28.5 Å². The monoisotopic (exact) mass is 258 g/mol. The van der Waals surface area contributed by atoms with Crippen molar-refractivity contribution in [3.8, 4) is 10.6 Å². The third-order valence-corrected chi connectivity index (χ3v) is 3.79. The normalized spacial score (nSPS) is 11.0. The fraction of sp³-hybridized carbons (Fsp3) is 0.154. The van der Waals surface area contributed by atoms with Crippen LogP contribution in [0.3, 0.4) is 0 Å².